The molecule has 2 heterocycles. The molecule has 7 nitrogen and oxygen atoms in total. The molecule has 0 spiro atoms. The minimum atomic E-state index is -0.354. The molecule has 0 atom stereocenters. The van der Waals surface area contributed by atoms with Crippen LogP contribution < -0.4 is 10.6 Å². The Kier molecular flexibility index (Phi) is 4.98. The first-order valence-electron chi connectivity index (χ1n) is 7.96. The third-order valence-corrected chi connectivity index (χ3v) is 3.59. The van der Waals surface area contributed by atoms with Crippen LogP contribution in [-0.4, -0.2) is 26.8 Å². The lowest BCUT2D eigenvalue weighted by atomic mass is 10.2. The fraction of sp³-hybridized carbons (Fsp3) is 0.105. The van der Waals surface area contributed by atoms with E-state index in [0.717, 1.165) is 5.56 Å². The number of nitrogens with one attached hydrogen (secondary N) is 2. The van der Waals surface area contributed by atoms with Crippen LogP contribution in [0.3, 0.4) is 0 Å². The van der Waals surface area contributed by atoms with Gasteiger partial charge in [0.2, 0.25) is 5.91 Å². The van der Waals surface area contributed by atoms with E-state index in [1.807, 2.05) is 6.07 Å². The summed E-state index contributed by atoms with van der Waals surface area (Å²) in [4.78, 5) is 36.4. The van der Waals surface area contributed by atoms with Crippen molar-refractivity contribution in [1.29, 1.82) is 0 Å². The van der Waals surface area contributed by atoms with Gasteiger partial charge in [-0.2, -0.15) is 0 Å². The number of benzene rings is 1. The molecule has 0 saturated carbocycles. The summed E-state index contributed by atoms with van der Waals surface area (Å²) in [6, 6.07) is 10.5. The summed E-state index contributed by atoms with van der Waals surface area (Å²) in [6.07, 6.45) is 4.95. The number of hydrogen-bond acceptors (Lipinski definition) is 5. The first-order valence-corrected chi connectivity index (χ1v) is 7.96. The van der Waals surface area contributed by atoms with Gasteiger partial charge in [-0.3, -0.25) is 19.6 Å². The summed E-state index contributed by atoms with van der Waals surface area (Å²) in [5.41, 5.74) is 3.40. The van der Waals surface area contributed by atoms with Gasteiger partial charge in [0.15, 0.2) is 0 Å². The smallest absolute Gasteiger partial charge is 0.276 e. The van der Waals surface area contributed by atoms with Crippen LogP contribution in [0.15, 0.2) is 55.0 Å². The number of amides is 2. The van der Waals surface area contributed by atoms with Crippen molar-refractivity contribution in [3.63, 3.8) is 0 Å². The summed E-state index contributed by atoms with van der Waals surface area (Å²) in [5, 5.41) is 5.46. The van der Waals surface area contributed by atoms with Crippen molar-refractivity contribution < 1.29 is 13.9 Å². The van der Waals surface area contributed by atoms with Crippen LogP contribution >= 0.6 is 0 Å². The summed E-state index contributed by atoms with van der Waals surface area (Å²) in [5.74, 6) is -0.507. The zero-order chi connectivity index (χ0) is 18.5. The van der Waals surface area contributed by atoms with Crippen LogP contribution in [0.5, 0.6) is 0 Å². The largest absolute Gasteiger partial charge is 0.326 e. The molecule has 0 fully saturated rings. The second kappa shape index (κ2) is 7.52. The van der Waals surface area contributed by atoms with E-state index in [9.17, 15) is 9.59 Å². The summed E-state index contributed by atoms with van der Waals surface area (Å²) in [6.45, 7) is 3.17. The topological polar surface area (TPSA) is 96.9 Å². The second-order valence-corrected chi connectivity index (χ2v) is 5.64. The van der Waals surface area contributed by atoms with Crippen molar-refractivity contribution >= 4 is 23.2 Å². The summed E-state index contributed by atoms with van der Waals surface area (Å²) < 4.78 is 0. The highest BCUT2D eigenvalue weighted by molar-refractivity contribution is 6.04. The van der Waals surface area contributed by atoms with Gasteiger partial charge in [-0.05, 0) is 43.3 Å². The molecule has 2 amide bonds. The predicted octanol–water partition coefficient (Wildman–Crippen LogP) is 3.80. The van der Waals surface area contributed by atoms with Crippen LogP contribution in [0, 0.1) is 6.92 Å². The standard InChI is InChI=1S/C19H17N5O2.3H2/c1-12-18(24-17(11-21-12)14-4-3-9-20-10-14)19(26)23-16-7-5-15(6-8-16)22-13(2)25;;;/h3-11H,1-2H3,(H,22,25)(H,23,26);3*1H. The Morgan fingerprint density at radius 3 is 2.31 bits per heavy atom. The zero-order valence-electron chi connectivity index (χ0n) is 14.4. The fourth-order valence-corrected chi connectivity index (χ4v) is 2.35. The molecule has 0 saturated heterocycles. The highest BCUT2D eigenvalue weighted by Crippen LogP contribution is 2.18. The van der Waals surface area contributed by atoms with E-state index in [-0.39, 0.29) is 21.8 Å². The lowest BCUT2D eigenvalue weighted by Gasteiger charge is -2.09. The molecule has 3 aromatic rings. The van der Waals surface area contributed by atoms with Gasteiger partial charge in [0.1, 0.15) is 5.69 Å². The summed E-state index contributed by atoms with van der Waals surface area (Å²) in [7, 11) is 0. The SMILES string of the molecule is CC(=O)Nc1ccc(NC(=O)c2nc(-c3cccnc3)cnc2C)cc1.[HH].[HH].[HH]. The molecule has 0 aliphatic rings. The molecule has 2 aromatic heterocycles. The lowest BCUT2D eigenvalue weighted by Crippen LogP contribution is -2.16. The molecule has 0 unspecified atom stereocenters. The Hall–Kier alpha value is -3.61. The van der Waals surface area contributed by atoms with Gasteiger partial charge in [-0.25, -0.2) is 4.98 Å². The van der Waals surface area contributed by atoms with Crippen molar-refractivity contribution in [2.45, 2.75) is 13.8 Å². The molecule has 0 bridgehead atoms. The Morgan fingerprint density at radius 2 is 1.69 bits per heavy atom. The van der Waals surface area contributed by atoms with E-state index >= 15 is 0 Å². The quantitative estimate of drug-likeness (QED) is 0.743. The first kappa shape index (κ1) is 17.2. The van der Waals surface area contributed by atoms with Crippen LogP contribution in [-0.2, 0) is 4.79 Å². The van der Waals surface area contributed by atoms with Gasteiger partial charge in [0.25, 0.3) is 5.91 Å². The van der Waals surface area contributed by atoms with Gasteiger partial charge in [-0.1, -0.05) is 0 Å². The Balaban J connectivity index is 0.00000261. The third-order valence-electron chi connectivity index (χ3n) is 3.59. The van der Waals surface area contributed by atoms with Crippen LogP contribution in [0.4, 0.5) is 11.4 Å². The van der Waals surface area contributed by atoms with Crippen LogP contribution in [0.1, 0.15) is 27.4 Å². The van der Waals surface area contributed by atoms with Gasteiger partial charge in [0, 0.05) is 40.5 Å². The molecule has 1 aromatic carbocycles. The van der Waals surface area contributed by atoms with Crippen LogP contribution in [0.25, 0.3) is 11.3 Å². The lowest BCUT2D eigenvalue weighted by molar-refractivity contribution is -0.114. The van der Waals surface area contributed by atoms with Crippen molar-refractivity contribution in [3.8, 4) is 11.3 Å². The second-order valence-electron chi connectivity index (χ2n) is 5.64. The number of carbonyl (C=O) groups is 2. The average Bonchev–Trinajstić information content (AvgIpc) is 2.64. The molecule has 7 heteroatoms. The molecule has 0 aliphatic heterocycles. The number of nitrogens with zero attached hydrogens (tertiary/aromatic N) is 3. The number of anilines is 2. The molecule has 136 valence electrons. The van der Waals surface area contributed by atoms with E-state index in [4.69, 9.17) is 0 Å². The number of pyridine rings is 1. The highest BCUT2D eigenvalue weighted by atomic mass is 16.2. The minimum absolute atomic E-state index is 0. The van der Waals surface area contributed by atoms with E-state index in [0.29, 0.717) is 22.8 Å². The zero-order valence-corrected chi connectivity index (χ0v) is 14.4. The van der Waals surface area contributed by atoms with E-state index in [1.165, 1.54) is 6.92 Å². The number of hydrogen-bond donors (Lipinski definition) is 2. The molecule has 0 aliphatic carbocycles. The Morgan fingerprint density at radius 1 is 1.00 bits per heavy atom. The molecule has 26 heavy (non-hydrogen) atoms. The maximum absolute atomic E-state index is 12.6. The number of aromatic nitrogens is 3. The molecule has 2 N–H and O–H groups in total. The van der Waals surface area contributed by atoms with Crippen molar-refractivity contribution in [3.05, 3.63) is 66.4 Å². The van der Waals surface area contributed by atoms with Crippen molar-refractivity contribution in [2.24, 2.45) is 0 Å². The molecular formula is C19H23N5O2. The summed E-state index contributed by atoms with van der Waals surface area (Å²) >= 11 is 0. The van der Waals surface area contributed by atoms with Gasteiger partial charge < -0.3 is 10.6 Å². The normalized spacial score (nSPS) is 10.2. The van der Waals surface area contributed by atoms with Gasteiger partial charge >= 0.3 is 0 Å². The van der Waals surface area contributed by atoms with Crippen molar-refractivity contribution in [1.82, 2.24) is 15.0 Å². The first-order chi connectivity index (χ1) is 12.5. The molecule has 0 radical (unpaired) electrons. The maximum Gasteiger partial charge on any atom is 0.276 e. The highest BCUT2D eigenvalue weighted by Gasteiger charge is 2.14. The predicted molar refractivity (Wildman–Crippen MR) is 105 cm³/mol. The fourth-order valence-electron chi connectivity index (χ4n) is 2.35. The van der Waals surface area contributed by atoms with Crippen molar-refractivity contribution in [2.75, 3.05) is 10.6 Å². The van der Waals surface area contributed by atoms with E-state index in [2.05, 4.69) is 25.6 Å². The van der Waals surface area contributed by atoms with Gasteiger partial charge in [-0.15, -0.1) is 0 Å². The van der Waals surface area contributed by atoms with E-state index in [1.54, 1.807) is 55.8 Å². The minimum Gasteiger partial charge on any atom is -0.326 e. The molecular weight excluding hydrogens is 330 g/mol. The Labute approximate surface area is 155 Å². The number of aryl methyl sites for hydroxylation is 1. The van der Waals surface area contributed by atoms with Gasteiger partial charge in [0.05, 0.1) is 17.6 Å². The molecule has 3 rings (SSSR count). The maximum atomic E-state index is 12.6. The third kappa shape index (κ3) is 4.07. The monoisotopic (exact) mass is 353 g/mol. The number of carbonyl (C=O) groups excluding carboxylic acids is 2. The van der Waals surface area contributed by atoms with E-state index < -0.39 is 0 Å². The Bertz CT molecular complexity index is 954. The number of rotatable bonds is 4. The average molecular weight is 353 g/mol. The van der Waals surface area contributed by atoms with Crippen LogP contribution in [0.2, 0.25) is 0 Å².